The van der Waals surface area contributed by atoms with Crippen molar-refractivity contribution in [1.29, 1.82) is 0 Å². The fourth-order valence-electron chi connectivity index (χ4n) is 4.47. The zero-order valence-electron chi connectivity index (χ0n) is 21.2. The number of ether oxygens (including phenoxy) is 1. The minimum atomic E-state index is -0.539. The van der Waals surface area contributed by atoms with Crippen molar-refractivity contribution in [3.63, 3.8) is 0 Å². The lowest BCUT2D eigenvalue weighted by atomic mass is 9.96. The smallest absolute Gasteiger partial charge is 0.273 e. The van der Waals surface area contributed by atoms with Crippen molar-refractivity contribution in [2.24, 2.45) is 12.0 Å². The topological polar surface area (TPSA) is 118 Å². The number of hydrogen-bond donors (Lipinski definition) is 3. The van der Waals surface area contributed by atoms with Gasteiger partial charge in [0.25, 0.3) is 5.91 Å². The molecule has 0 saturated carbocycles. The van der Waals surface area contributed by atoms with E-state index < -0.39 is 5.92 Å². The van der Waals surface area contributed by atoms with Crippen LogP contribution in [0, 0.1) is 6.92 Å². The molecule has 1 unspecified atom stereocenters. The van der Waals surface area contributed by atoms with Crippen LogP contribution in [0.4, 0.5) is 17.1 Å². The van der Waals surface area contributed by atoms with Crippen molar-refractivity contribution in [2.45, 2.75) is 19.3 Å². The highest BCUT2D eigenvalue weighted by atomic mass is 16.5. The summed E-state index contributed by atoms with van der Waals surface area (Å²) in [6.45, 7) is 1.85. The van der Waals surface area contributed by atoms with E-state index in [0.717, 1.165) is 28.1 Å². The maximum atomic E-state index is 12.6. The third kappa shape index (κ3) is 5.12. The van der Waals surface area contributed by atoms with Gasteiger partial charge in [-0.05, 0) is 66.4 Å². The Hall–Kier alpha value is -4.92. The molecule has 4 aromatic rings. The predicted octanol–water partition coefficient (Wildman–Crippen LogP) is 4.72. The molecule has 0 fully saturated rings. The maximum Gasteiger partial charge on any atom is 0.273 e. The van der Waals surface area contributed by atoms with Crippen molar-refractivity contribution in [2.75, 3.05) is 17.7 Å². The summed E-state index contributed by atoms with van der Waals surface area (Å²) < 4.78 is 6.62. The number of fused-ring (bicyclic) bond motifs is 1. The van der Waals surface area contributed by atoms with Gasteiger partial charge in [-0.25, -0.2) is 0 Å². The van der Waals surface area contributed by atoms with Gasteiger partial charge in [-0.15, -0.1) is 0 Å². The van der Waals surface area contributed by atoms with Gasteiger partial charge in [-0.3, -0.25) is 19.3 Å². The summed E-state index contributed by atoms with van der Waals surface area (Å²) >= 11 is 0. The molecule has 0 aliphatic carbocycles. The maximum absolute atomic E-state index is 12.6. The van der Waals surface area contributed by atoms with Crippen LogP contribution in [0.5, 0.6) is 11.5 Å². The molecular formula is C29H27N5O4. The number of amides is 2. The summed E-state index contributed by atoms with van der Waals surface area (Å²) in [5.74, 6) is -0.561. The number of aryl methyl sites for hydroxylation is 2. The lowest BCUT2D eigenvalue weighted by molar-refractivity contribution is -0.115. The number of nitrogens with one attached hydrogen (secondary N) is 2. The van der Waals surface area contributed by atoms with Gasteiger partial charge in [0.15, 0.2) is 11.5 Å². The number of carbonyl (C=O) groups excluding carboxylic acids is 2. The highest BCUT2D eigenvalue weighted by Crippen LogP contribution is 2.34. The lowest BCUT2D eigenvalue weighted by Gasteiger charge is -2.09. The first kappa shape index (κ1) is 24.8. The number of carbonyl (C=O) groups is 2. The van der Waals surface area contributed by atoms with E-state index in [4.69, 9.17) is 4.74 Å². The van der Waals surface area contributed by atoms with Crippen molar-refractivity contribution in [1.82, 2.24) is 9.78 Å². The van der Waals surface area contributed by atoms with E-state index in [1.54, 1.807) is 36.1 Å². The molecule has 3 aromatic carbocycles. The fourth-order valence-corrected chi connectivity index (χ4v) is 4.47. The Morgan fingerprint density at radius 3 is 2.58 bits per heavy atom. The van der Waals surface area contributed by atoms with Crippen molar-refractivity contribution in [3.05, 3.63) is 94.8 Å². The second-order valence-electron chi connectivity index (χ2n) is 9.15. The third-order valence-corrected chi connectivity index (χ3v) is 6.38. The Kier molecular flexibility index (Phi) is 6.66. The first-order valence-electron chi connectivity index (χ1n) is 12.1. The molecule has 1 aliphatic rings. The molecule has 3 N–H and O–H groups in total. The Balaban J connectivity index is 1.28. The average Bonchev–Trinajstić information content (AvgIpc) is 3.40. The Morgan fingerprint density at radius 1 is 1.13 bits per heavy atom. The van der Waals surface area contributed by atoms with Crippen molar-refractivity contribution >= 4 is 35.1 Å². The molecular weight excluding hydrogens is 482 g/mol. The number of rotatable bonds is 7. The average molecular weight is 510 g/mol. The molecule has 0 saturated heterocycles. The summed E-state index contributed by atoms with van der Waals surface area (Å²) in [7, 11) is 3.22. The van der Waals surface area contributed by atoms with E-state index in [9.17, 15) is 14.7 Å². The molecule has 192 valence electrons. The SMILES string of the molecule is COc1ccc(N=CC2C(=O)Nc3ccc(Cc4ccc(NC(=O)c5cc(C)nn5C)cc4)cc32)cc1O. The van der Waals surface area contributed by atoms with Gasteiger partial charge in [-0.1, -0.05) is 24.3 Å². The number of hydrogen-bond acceptors (Lipinski definition) is 6. The summed E-state index contributed by atoms with van der Waals surface area (Å²) in [5, 5.41) is 20.0. The number of phenolic OH excluding ortho intramolecular Hbond substituents is 1. The van der Waals surface area contributed by atoms with Gasteiger partial charge in [0.2, 0.25) is 5.91 Å². The quantitative estimate of drug-likeness (QED) is 0.312. The molecule has 0 spiro atoms. The minimum Gasteiger partial charge on any atom is -0.504 e. The van der Waals surface area contributed by atoms with Crippen molar-refractivity contribution < 1.29 is 19.4 Å². The first-order valence-corrected chi connectivity index (χ1v) is 12.1. The number of nitrogens with zero attached hydrogens (tertiary/aromatic N) is 3. The van der Waals surface area contributed by atoms with Gasteiger partial charge in [-0.2, -0.15) is 5.10 Å². The van der Waals surface area contributed by atoms with E-state index in [0.29, 0.717) is 29.2 Å². The van der Waals surface area contributed by atoms with Crippen LogP contribution in [-0.4, -0.2) is 40.0 Å². The summed E-state index contributed by atoms with van der Waals surface area (Å²) in [4.78, 5) is 29.6. The van der Waals surface area contributed by atoms with Crippen LogP contribution in [0.25, 0.3) is 0 Å². The zero-order valence-corrected chi connectivity index (χ0v) is 21.2. The number of anilines is 2. The highest BCUT2D eigenvalue weighted by Gasteiger charge is 2.29. The van der Waals surface area contributed by atoms with Gasteiger partial charge in [0.05, 0.1) is 18.5 Å². The summed E-state index contributed by atoms with van der Waals surface area (Å²) in [6.07, 6.45) is 2.25. The summed E-state index contributed by atoms with van der Waals surface area (Å²) in [6, 6.07) is 20.1. The first-order chi connectivity index (χ1) is 18.3. The Labute approximate surface area is 219 Å². The number of phenols is 1. The second kappa shape index (κ2) is 10.2. The van der Waals surface area contributed by atoms with Crippen LogP contribution in [0.15, 0.2) is 71.7 Å². The molecule has 38 heavy (non-hydrogen) atoms. The molecule has 9 nitrogen and oxygen atoms in total. The summed E-state index contributed by atoms with van der Waals surface area (Å²) in [5.41, 5.74) is 6.22. The molecule has 1 aliphatic heterocycles. The molecule has 1 aromatic heterocycles. The largest absolute Gasteiger partial charge is 0.504 e. The normalized spacial score (nSPS) is 14.4. The van der Waals surface area contributed by atoms with E-state index in [-0.39, 0.29) is 17.6 Å². The second-order valence-corrected chi connectivity index (χ2v) is 9.15. The molecule has 2 amide bonds. The van der Waals surface area contributed by atoms with Crippen LogP contribution in [0.1, 0.15) is 38.8 Å². The van der Waals surface area contributed by atoms with E-state index >= 15 is 0 Å². The Morgan fingerprint density at radius 2 is 1.89 bits per heavy atom. The van der Waals surface area contributed by atoms with E-state index in [2.05, 4.69) is 20.7 Å². The molecule has 0 radical (unpaired) electrons. The van der Waals surface area contributed by atoms with E-state index in [1.807, 2.05) is 49.4 Å². The van der Waals surface area contributed by atoms with Crippen LogP contribution in [0.3, 0.4) is 0 Å². The van der Waals surface area contributed by atoms with Crippen LogP contribution in [-0.2, 0) is 18.3 Å². The lowest BCUT2D eigenvalue weighted by Crippen LogP contribution is -2.16. The highest BCUT2D eigenvalue weighted by molar-refractivity contribution is 6.12. The Bertz CT molecular complexity index is 1560. The number of benzene rings is 3. The zero-order chi connectivity index (χ0) is 26.8. The van der Waals surface area contributed by atoms with Crippen LogP contribution < -0.4 is 15.4 Å². The number of methoxy groups -OCH3 is 1. The number of aromatic hydroxyl groups is 1. The molecule has 0 bridgehead atoms. The van der Waals surface area contributed by atoms with Gasteiger partial charge < -0.3 is 20.5 Å². The monoisotopic (exact) mass is 509 g/mol. The fraction of sp³-hybridized carbons (Fsp3) is 0.172. The third-order valence-electron chi connectivity index (χ3n) is 6.38. The van der Waals surface area contributed by atoms with Gasteiger partial charge >= 0.3 is 0 Å². The van der Waals surface area contributed by atoms with Crippen LogP contribution >= 0.6 is 0 Å². The van der Waals surface area contributed by atoms with Gasteiger partial charge in [0, 0.05) is 30.7 Å². The van der Waals surface area contributed by atoms with E-state index in [1.165, 1.54) is 13.2 Å². The molecule has 1 atom stereocenters. The number of aliphatic imine (C=N–C) groups is 1. The molecule has 9 heteroatoms. The molecule has 5 rings (SSSR count). The van der Waals surface area contributed by atoms with Crippen LogP contribution in [0.2, 0.25) is 0 Å². The van der Waals surface area contributed by atoms with Crippen molar-refractivity contribution in [3.8, 4) is 11.5 Å². The standard InChI is InChI=1S/C29H27N5O4/c1-17-12-25(34(2)33-17)29(37)31-20-7-4-18(5-8-20)13-19-6-10-24-22(14-19)23(28(36)32-24)16-30-21-9-11-27(38-3)26(35)15-21/h4-12,14-16,23,35H,13H2,1-3H3,(H,31,37)(H,32,36). The van der Waals surface area contributed by atoms with Gasteiger partial charge in [0.1, 0.15) is 11.6 Å². The minimum absolute atomic E-state index is 0.0154. The predicted molar refractivity (Wildman–Crippen MR) is 146 cm³/mol. The number of aromatic nitrogens is 2. The molecule has 2 heterocycles.